The first-order valence-electron chi connectivity index (χ1n) is 10.7. The van der Waals surface area contributed by atoms with Crippen LogP contribution in [0.3, 0.4) is 0 Å². The number of piperidine rings is 1. The number of aliphatic hydroxyl groups is 1. The van der Waals surface area contributed by atoms with E-state index in [4.69, 9.17) is 5.73 Å². The number of hydrogen-bond donors (Lipinski definition) is 2. The Hall–Kier alpha value is -1.39. The second-order valence-electron chi connectivity index (χ2n) is 8.68. The number of carbonyl (C=O) groups is 1. The molecule has 1 aliphatic heterocycles. The molecule has 4 nitrogen and oxygen atoms in total. The summed E-state index contributed by atoms with van der Waals surface area (Å²) in [5.41, 5.74) is 7.33. The molecule has 2 atom stereocenters. The fraction of sp³-hybridized carbons (Fsp3) is 0.696. The smallest absolute Gasteiger partial charge is 0.248 e. The lowest BCUT2D eigenvalue weighted by molar-refractivity contribution is 0.0777. The van der Waals surface area contributed by atoms with Gasteiger partial charge in [-0.1, -0.05) is 52.2 Å². The number of nitrogens with two attached hydrogens (primary N) is 1. The first-order chi connectivity index (χ1) is 12.9. The first kappa shape index (κ1) is 21.9. The molecule has 1 aliphatic rings. The van der Waals surface area contributed by atoms with Gasteiger partial charge in [0.05, 0.1) is 6.10 Å². The van der Waals surface area contributed by atoms with E-state index >= 15 is 0 Å². The lowest BCUT2D eigenvalue weighted by Crippen LogP contribution is -2.42. The maximum absolute atomic E-state index is 11.5. The number of benzene rings is 1. The van der Waals surface area contributed by atoms with Gasteiger partial charge in [-0.2, -0.15) is 0 Å². The SMILES string of the molecule is CCCCCC(C)C(O)CCN1CCC(C)(c2cccc(C(N)=O)c2)CC1. The predicted octanol–water partition coefficient (Wildman–Crippen LogP) is 4.11. The molecule has 1 amide bonds. The standard InChI is InChI=1S/C23H38N2O2/c1-4-5-6-8-18(2)21(26)11-14-25-15-12-23(3,13-16-25)20-10-7-9-19(17-20)22(24)27/h7,9-10,17-18,21,26H,4-6,8,11-16H2,1-3H3,(H2,24,27). The summed E-state index contributed by atoms with van der Waals surface area (Å²) in [4.78, 5) is 13.9. The third kappa shape index (κ3) is 6.32. The van der Waals surface area contributed by atoms with Crippen molar-refractivity contribution in [1.82, 2.24) is 4.90 Å². The molecule has 1 fully saturated rings. The van der Waals surface area contributed by atoms with Gasteiger partial charge in [-0.05, 0) is 67.8 Å². The Morgan fingerprint density at radius 2 is 1.96 bits per heavy atom. The van der Waals surface area contributed by atoms with Crippen LogP contribution in [-0.4, -0.2) is 41.7 Å². The van der Waals surface area contributed by atoms with Crippen molar-refractivity contribution in [2.24, 2.45) is 11.7 Å². The summed E-state index contributed by atoms with van der Waals surface area (Å²) in [6.07, 6.45) is 7.65. The molecule has 2 unspecified atom stereocenters. The normalized spacial score (nSPS) is 19.6. The fourth-order valence-electron chi connectivity index (χ4n) is 4.11. The van der Waals surface area contributed by atoms with Crippen LogP contribution in [0.4, 0.5) is 0 Å². The van der Waals surface area contributed by atoms with Crippen molar-refractivity contribution in [2.75, 3.05) is 19.6 Å². The van der Waals surface area contributed by atoms with Gasteiger partial charge in [0.15, 0.2) is 0 Å². The highest BCUT2D eigenvalue weighted by molar-refractivity contribution is 5.92. The van der Waals surface area contributed by atoms with Gasteiger partial charge in [-0.25, -0.2) is 0 Å². The van der Waals surface area contributed by atoms with Crippen LogP contribution in [0.25, 0.3) is 0 Å². The molecular weight excluding hydrogens is 336 g/mol. The third-order valence-corrected chi connectivity index (χ3v) is 6.46. The van der Waals surface area contributed by atoms with Crippen molar-refractivity contribution in [1.29, 1.82) is 0 Å². The van der Waals surface area contributed by atoms with Crippen LogP contribution in [0.2, 0.25) is 0 Å². The van der Waals surface area contributed by atoms with Crippen LogP contribution in [-0.2, 0) is 5.41 Å². The maximum atomic E-state index is 11.5. The Balaban J connectivity index is 1.81. The summed E-state index contributed by atoms with van der Waals surface area (Å²) >= 11 is 0. The van der Waals surface area contributed by atoms with Gasteiger partial charge in [0.1, 0.15) is 0 Å². The largest absolute Gasteiger partial charge is 0.393 e. The monoisotopic (exact) mass is 374 g/mol. The van der Waals surface area contributed by atoms with Crippen LogP contribution in [0.15, 0.2) is 24.3 Å². The fourth-order valence-corrected chi connectivity index (χ4v) is 4.11. The molecule has 1 saturated heterocycles. The Kier molecular flexibility index (Phi) is 8.30. The minimum atomic E-state index is -0.361. The van der Waals surface area contributed by atoms with Crippen molar-refractivity contribution >= 4 is 5.91 Å². The summed E-state index contributed by atoms with van der Waals surface area (Å²) in [7, 11) is 0. The zero-order valence-electron chi connectivity index (χ0n) is 17.4. The summed E-state index contributed by atoms with van der Waals surface area (Å²) in [5.74, 6) is 0.0306. The summed E-state index contributed by atoms with van der Waals surface area (Å²) in [5, 5.41) is 10.4. The molecule has 1 heterocycles. The van der Waals surface area contributed by atoms with Gasteiger partial charge >= 0.3 is 0 Å². The molecule has 4 heteroatoms. The molecule has 0 radical (unpaired) electrons. The van der Waals surface area contributed by atoms with E-state index in [-0.39, 0.29) is 17.4 Å². The van der Waals surface area contributed by atoms with E-state index in [2.05, 4.69) is 31.7 Å². The molecule has 0 spiro atoms. The maximum Gasteiger partial charge on any atom is 0.248 e. The molecule has 27 heavy (non-hydrogen) atoms. The van der Waals surface area contributed by atoms with Crippen molar-refractivity contribution in [3.8, 4) is 0 Å². The van der Waals surface area contributed by atoms with E-state index in [1.807, 2.05) is 12.1 Å². The third-order valence-electron chi connectivity index (χ3n) is 6.46. The number of aliphatic hydroxyl groups excluding tert-OH is 1. The Labute approximate surface area is 165 Å². The zero-order valence-corrected chi connectivity index (χ0v) is 17.4. The minimum Gasteiger partial charge on any atom is -0.393 e. The number of carbonyl (C=O) groups excluding carboxylic acids is 1. The van der Waals surface area contributed by atoms with Crippen molar-refractivity contribution in [2.45, 2.75) is 77.2 Å². The number of rotatable bonds is 10. The van der Waals surface area contributed by atoms with Gasteiger partial charge in [0, 0.05) is 12.1 Å². The highest BCUT2D eigenvalue weighted by Gasteiger charge is 2.32. The summed E-state index contributed by atoms with van der Waals surface area (Å²) in [6, 6.07) is 7.79. The van der Waals surface area contributed by atoms with Crippen molar-refractivity contribution in [3.05, 3.63) is 35.4 Å². The number of nitrogens with zero attached hydrogens (tertiary/aromatic N) is 1. The van der Waals surface area contributed by atoms with Crippen LogP contribution >= 0.6 is 0 Å². The van der Waals surface area contributed by atoms with Crippen LogP contribution in [0, 0.1) is 5.92 Å². The highest BCUT2D eigenvalue weighted by Crippen LogP contribution is 2.35. The molecule has 0 bridgehead atoms. The number of primary amides is 1. The number of unbranched alkanes of at least 4 members (excludes halogenated alkanes) is 2. The molecule has 2 rings (SSSR count). The van der Waals surface area contributed by atoms with Crippen LogP contribution < -0.4 is 5.73 Å². The molecule has 152 valence electrons. The van der Waals surface area contributed by atoms with Gasteiger partial charge in [0.25, 0.3) is 0 Å². The Morgan fingerprint density at radius 1 is 1.26 bits per heavy atom. The van der Waals surface area contributed by atoms with Crippen molar-refractivity contribution < 1.29 is 9.90 Å². The van der Waals surface area contributed by atoms with Crippen LogP contribution in [0.5, 0.6) is 0 Å². The van der Waals surface area contributed by atoms with Crippen molar-refractivity contribution in [3.63, 3.8) is 0 Å². The summed E-state index contributed by atoms with van der Waals surface area (Å²) in [6.45, 7) is 9.73. The Morgan fingerprint density at radius 3 is 2.59 bits per heavy atom. The van der Waals surface area contributed by atoms with Crippen LogP contribution in [0.1, 0.15) is 81.6 Å². The van der Waals surface area contributed by atoms with E-state index in [9.17, 15) is 9.90 Å². The van der Waals surface area contributed by atoms with Gasteiger partial charge in [0.2, 0.25) is 5.91 Å². The lowest BCUT2D eigenvalue weighted by atomic mass is 9.74. The zero-order chi connectivity index (χ0) is 19.9. The quantitative estimate of drug-likeness (QED) is 0.606. The highest BCUT2D eigenvalue weighted by atomic mass is 16.3. The van der Waals surface area contributed by atoms with Gasteiger partial charge < -0.3 is 15.7 Å². The molecule has 0 aliphatic carbocycles. The first-order valence-corrected chi connectivity index (χ1v) is 10.7. The molecule has 3 N–H and O–H groups in total. The van der Waals surface area contributed by atoms with E-state index in [0.29, 0.717) is 11.5 Å². The predicted molar refractivity (Wildman–Crippen MR) is 112 cm³/mol. The molecule has 1 aromatic carbocycles. The van der Waals surface area contributed by atoms with E-state index < -0.39 is 0 Å². The lowest BCUT2D eigenvalue weighted by Gasteiger charge is -2.40. The van der Waals surface area contributed by atoms with Gasteiger partial charge in [-0.15, -0.1) is 0 Å². The second kappa shape index (κ2) is 10.2. The molecule has 0 saturated carbocycles. The average molecular weight is 375 g/mol. The molecule has 1 aromatic rings. The van der Waals surface area contributed by atoms with E-state index in [1.165, 1.54) is 24.8 Å². The Bertz CT molecular complexity index is 594. The van der Waals surface area contributed by atoms with Gasteiger partial charge in [-0.3, -0.25) is 4.79 Å². The summed E-state index contributed by atoms with van der Waals surface area (Å²) < 4.78 is 0. The minimum absolute atomic E-state index is 0.0913. The number of amides is 1. The average Bonchev–Trinajstić information content (AvgIpc) is 2.67. The topological polar surface area (TPSA) is 66.6 Å². The molecular formula is C23H38N2O2. The van der Waals surface area contributed by atoms with E-state index in [0.717, 1.165) is 45.3 Å². The number of likely N-dealkylation sites (tertiary alicyclic amines) is 1. The number of hydrogen-bond acceptors (Lipinski definition) is 3. The second-order valence-corrected chi connectivity index (χ2v) is 8.68. The molecule has 0 aromatic heterocycles. The van der Waals surface area contributed by atoms with E-state index in [1.54, 1.807) is 6.07 Å².